The first kappa shape index (κ1) is 21.0. The average molecular weight is 390 g/mol. The van der Waals surface area contributed by atoms with E-state index in [4.69, 9.17) is 14.2 Å². The van der Waals surface area contributed by atoms with Crippen LogP contribution in [0, 0.1) is 5.82 Å². The van der Waals surface area contributed by atoms with Gasteiger partial charge in [0.25, 0.3) is 5.91 Å². The van der Waals surface area contributed by atoms with E-state index in [9.17, 15) is 14.0 Å². The van der Waals surface area contributed by atoms with Crippen LogP contribution in [0.4, 0.5) is 4.39 Å². The summed E-state index contributed by atoms with van der Waals surface area (Å²) in [5.41, 5.74) is 4.48. The van der Waals surface area contributed by atoms with Gasteiger partial charge >= 0.3 is 0 Å². The number of para-hydroxylation sites is 1. The van der Waals surface area contributed by atoms with Crippen molar-refractivity contribution in [3.05, 3.63) is 54.3 Å². The fourth-order valence-corrected chi connectivity index (χ4v) is 2.16. The van der Waals surface area contributed by atoms with Crippen molar-refractivity contribution < 1.29 is 28.2 Å². The Labute approximate surface area is 162 Å². The zero-order chi connectivity index (χ0) is 20.2. The second-order valence-electron chi connectivity index (χ2n) is 5.67. The molecule has 0 heterocycles. The normalized spacial score (nSPS) is 10.1. The fourth-order valence-electron chi connectivity index (χ4n) is 2.16. The van der Waals surface area contributed by atoms with Crippen molar-refractivity contribution in [2.24, 2.45) is 0 Å². The smallest absolute Gasteiger partial charge is 0.276 e. The van der Waals surface area contributed by atoms with E-state index in [0.29, 0.717) is 25.4 Å². The standard InChI is InChI=1S/C20H23FN2O5/c1-2-26-15-9-11-16(12-10-15)27-13-5-8-19(24)22-23-20(25)14-28-18-7-4-3-6-17(18)21/h3-4,6-7,9-12H,2,5,8,13-14H2,1H3,(H,22,24)(H,23,25). The van der Waals surface area contributed by atoms with Crippen molar-refractivity contribution in [2.75, 3.05) is 19.8 Å². The molecule has 0 saturated carbocycles. The number of nitrogens with one attached hydrogen (secondary N) is 2. The third kappa shape index (κ3) is 7.53. The summed E-state index contributed by atoms with van der Waals surface area (Å²) in [4.78, 5) is 23.3. The number of hydrazine groups is 1. The molecule has 150 valence electrons. The highest BCUT2D eigenvalue weighted by Crippen LogP contribution is 2.17. The van der Waals surface area contributed by atoms with Gasteiger partial charge in [0.05, 0.1) is 13.2 Å². The quantitative estimate of drug-likeness (QED) is 0.481. The van der Waals surface area contributed by atoms with Gasteiger partial charge in [0.2, 0.25) is 5.91 Å². The highest BCUT2D eigenvalue weighted by molar-refractivity contribution is 5.82. The van der Waals surface area contributed by atoms with Crippen LogP contribution in [0.3, 0.4) is 0 Å². The van der Waals surface area contributed by atoms with E-state index in [1.165, 1.54) is 18.2 Å². The lowest BCUT2D eigenvalue weighted by atomic mass is 10.3. The minimum Gasteiger partial charge on any atom is -0.494 e. The molecule has 0 atom stereocenters. The van der Waals surface area contributed by atoms with Gasteiger partial charge in [-0.05, 0) is 49.7 Å². The van der Waals surface area contributed by atoms with E-state index < -0.39 is 18.3 Å². The van der Waals surface area contributed by atoms with Crippen LogP contribution in [0.15, 0.2) is 48.5 Å². The molecule has 2 amide bonds. The van der Waals surface area contributed by atoms with Gasteiger partial charge in [-0.25, -0.2) is 4.39 Å². The van der Waals surface area contributed by atoms with Crippen molar-refractivity contribution >= 4 is 11.8 Å². The zero-order valence-corrected chi connectivity index (χ0v) is 15.6. The number of ether oxygens (including phenoxy) is 3. The van der Waals surface area contributed by atoms with Crippen LogP contribution in [0.5, 0.6) is 17.2 Å². The maximum Gasteiger partial charge on any atom is 0.276 e. The monoisotopic (exact) mass is 390 g/mol. The minimum absolute atomic E-state index is 0.0320. The lowest BCUT2D eigenvalue weighted by Crippen LogP contribution is -2.43. The first-order valence-corrected chi connectivity index (χ1v) is 8.89. The Bertz CT molecular complexity index is 767. The van der Waals surface area contributed by atoms with E-state index in [0.717, 1.165) is 5.75 Å². The van der Waals surface area contributed by atoms with Gasteiger partial charge in [0.15, 0.2) is 18.2 Å². The number of benzene rings is 2. The van der Waals surface area contributed by atoms with Crippen LogP contribution in [-0.2, 0) is 9.59 Å². The van der Waals surface area contributed by atoms with Crippen LogP contribution >= 0.6 is 0 Å². The molecule has 7 nitrogen and oxygen atoms in total. The Kier molecular flexibility index (Phi) is 8.58. The number of rotatable bonds is 10. The SMILES string of the molecule is CCOc1ccc(OCCCC(=O)NNC(=O)COc2ccccc2F)cc1. The summed E-state index contributed by atoms with van der Waals surface area (Å²) < 4.78 is 29.3. The van der Waals surface area contributed by atoms with E-state index in [-0.39, 0.29) is 18.1 Å². The molecule has 0 spiro atoms. The van der Waals surface area contributed by atoms with Gasteiger partial charge < -0.3 is 14.2 Å². The van der Waals surface area contributed by atoms with E-state index in [2.05, 4.69) is 10.9 Å². The number of carbonyl (C=O) groups excluding carboxylic acids is 2. The molecular formula is C20H23FN2O5. The Hall–Kier alpha value is -3.29. The van der Waals surface area contributed by atoms with Crippen LogP contribution < -0.4 is 25.1 Å². The summed E-state index contributed by atoms with van der Waals surface area (Å²) >= 11 is 0. The lowest BCUT2D eigenvalue weighted by molar-refractivity contribution is -0.130. The van der Waals surface area contributed by atoms with Crippen LogP contribution in [0.1, 0.15) is 19.8 Å². The van der Waals surface area contributed by atoms with Crippen molar-refractivity contribution in [1.29, 1.82) is 0 Å². The van der Waals surface area contributed by atoms with Gasteiger partial charge in [-0.2, -0.15) is 0 Å². The van der Waals surface area contributed by atoms with E-state index in [1.807, 2.05) is 19.1 Å². The van der Waals surface area contributed by atoms with Gasteiger partial charge in [-0.15, -0.1) is 0 Å². The summed E-state index contributed by atoms with van der Waals surface area (Å²) in [7, 11) is 0. The Balaban J connectivity index is 1.57. The van der Waals surface area contributed by atoms with Gasteiger partial charge in [0, 0.05) is 6.42 Å². The van der Waals surface area contributed by atoms with E-state index >= 15 is 0 Å². The minimum atomic E-state index is -0.595. The van der Waals surface area contributed by atoms with Crippen molar-refractivity contribution in [2.45, 2.75) is 19.8 Å². The Morgan fingerprint density at radius 3 is 2.21 bits per heavy atom. The van der Waals surface area contributed by atoms with Crippen LogP contribution in [0.2, 0.25) is 0 Å². The van der Waals surface area contributed by atoms with Crippen LogP contribution in [-0.4, -0.2) is 31.6 Å². The van der Waals surface area contributed by atoms with Crippen molar-refractivity contribution in [3.8, 4) is 17.2 Å². The molecule has 2 aromatic carbocycles. The highest BCUT2D eigenvalue weighted by atomic mass is 19.1. The first-order valence-electron chi connectivity index (χ1n) is 8.89. The molecule has 0 fully saturated rings. The van der Waals surface area contributed by atoms with Gasteiger partial charge in [0.1, 0.15) is 11.5 Å². The predicted molar refractivity (Wildman–Crippen MR) is 101 cm³/mol. The largest absolute Gasteiger partial charge is 0.494 e. The fraction of sp³-hybridized carbons (Fsp3) is 0.300. The molecule has 0 radical (unpaired) electrons. The molecule has 0 aliphatic heterocycles. The molecule has 2 rings (SSSR count). The number of hydrogen-bond acceptors (Lipinski definition) is 5. The maximum atomic E-state index is 13.4. The summed E-state index contributed by atoms with van der Waals surface area (Å²) in [6, 6.07) is 12.9. The molecule has 0 saturated heterocycles. The molecule has 28 heavy (non-hydrogen) atoms. The predicted octanol–water partition coefficient (Wildman–Crippen LogP) is 2.61. The van der Waals surface area contributed by atoms with Crippen molar-refractivity contribution in [1.82, 2.24) is 10.9 Å². The number of carbonyl (C=O) groups is 2. The molecule has 2 N–H and O–H groups in total. The second kappa shape index (κ2) is 11.4. The highest BCUT2D eigenvalue weighted by Gasteiger charge is 2.08. The molecule has 0 aliphatic rings. The lowest BCUT2D eigenvalue weighted by Gasteiger charge is -2.10. The Morgan fingerprint density at radius 1 is 0.893 bits per heavy atom. The number of amides is 2. The topological polar surface area (TPSA) is 85.9 Å². The summed E-state index contributed by atoms with van der Waals surface area (Å²) in [6.45, 7) is 2.45. The van der Waals surface area contributed by atoms with Crippen LogP contribution in [0.25, 0.3) is 0 Å². The average Bonchev–Trinajstić information content (AvgIpc) is 2.70. The molecule has 8 heteroatoms. The van der Waals surface area contributed by atoms with E-state index in [1.54, 1.807) is 18.2 Å². The first-order chi connectivity index (χ1) is 13.6. The zero-order valence-electron chi connectivity index (χ0n) is 15.6. The molecule has 2 aromatic rings. The van der Waals surface area contributed by atoms with Gasteiger partial charge in [-0.3, -0.25) is 20.4 Å². The summed E-state index contributed by atoms with van der Waals surface area (Å²) in [6.07, 6.45) is 0.645. The summed E-state index contributed by atoms with van der Waals surface area (Å²) in [5, 5.41) is 0. The molecular weight excluding hydrogens is 367 g/mol. The van der Waals surface area contributed by atoms with Crippen molar-refractivity contribution in [3.63, 3.8) is 0 Å². The number of halogens is 1. The molecule has 0 aromatic heterocycles. The molecule has 0 bridgehead atoms. The third-order valence-corrected chi connectivity index (χ3v) is 3.49. The second-order valence-corrected chi connectivity index (χ2v) is 5.67. The molecule has 0 aliphatic carbocycles. The summed E-state index contributed by atoms with van der Waals surface area (Å²) in [5.74, 6) is -0.106. The molecule has 0 unspecified atom stereocenters. The van der Waals surface area contributed by atoms with Gasteiger partial charge in [-0.1, -0.05) is 12.1 Å². The third-order valence-electron chi connectivity index (χ3n) is 3.49. The maximum absolute atomic E-state index is 13.4. The Morgan fingerprint density at radius 2 is 1.54 bits per heavy atom. The number of hydrogen-bond donors (Lipinski definition) is 2.